The van der Waals surface area contributed by atoms with Crippen molar-refractivity contribution in [3.63, 3.8) is 0 Å². The van der Waals surface area contributed by atoms with E-state index in [4.69, 9.17) is 5.11 Å². The molecule has 0 atom stereocenters. The van der Waals surface area contributed by atoms with Crippen LogP contribution in [-0.4, -0.2) is 42.0 Å². The van der Waals surface area contributed by atoms with E-state index in [1.54, 1.807) is 0 Å². The second-order valence-electron chi connectivity index (χ2n) is 10.0. The number of allylic oxidation sites excluding steroid dienone is 2. The monoisotopic (exact) mass is 488 g/mol. The fourth-order valence-electron chi connectivity index (χ4n) is 4.03. The van der Waals surface area contributed by atoms with Gasteiger partial charge < -0.3 is 5.11 Å². The largest absolute Gasteiger partial charge is 0.481 e. The van der Waals surface area contributed by atoms with Crippen molar-refractivity contribution in [1.29, 1.82) is 0 Å². The molecule has 0 radical (unpaired) electrons. The Labute approximate surface area is 230 Å². The molecule has 0 heterocycles. The van der Waals surface area contributed by atoms with Crippen molar-refractivity contribution < 1.29 is 14.7 Å². The van der Waals surface area contributed by atoms with Crippen LogP contribution in [0.3, 0.4) is 0 Å². The summed E-state index contributed by atoms with van der Waals surface area (Å²) >= 11 is 0.742. The second kappa shape index (κ2) is 32.9. The standard InChI is InChI=1S/C18H33O.C12H24O2.Na/c1-2-3-4-5-6-7-8-9-10-11-12-13-14-15-16-17-18-19;1-2-3-4-5-6-7-8-9-10-11-12(13)14;/h9-10H,2-8,11-17H2,1H3;2-11H2,1H3,(H,13,14);/b10-9-;;. The number of rotatable bonds is 25. The van der Waals surface area contributed by atoms with Crippen LogP contribution in [0.25, 0.3) is 0 Å². The van der Waals surface area contributed by atoms with Crippen LogP contribution < -0.4 is 0 Å². The zero-order chi connectivity index (χ0) is 25.5. The average molecular weight is 489 g/mol. The predicted octanol–water partition coefficient (Wildman–Crippen LogP) is 9.71. The summed E-state index contributed by atoms with van der Waals surface area (Å²) in [7, 11) is 0. The molecular formula is C30H57NaO3. The molecule has 0 aliphatic carbocycles. The molecule has 0 fully saturated rings. The molecule has 0 spiro atoms. The van der Waals surface area contributed by atoms with Crippen molar-refractivity contribution >= 4 is 36.9 Å². The zero-order valence-electron chi connectivity index (χ0n) is 23.4. The number of hydrogen-bond donors (Lipinski definition) is 1. The Morgan fingerprint density at radius 1 is 0.529 bits per heavy atom. The molecule has 196 valence electrons. The van der Waals surface area contributed by atoms with Gasteiger partial charge in [0.15, 0.2) is 0 Å². The number of unbranched alkanes of at least 4 members (excludes halogenated alkanes) is 19. The van der Waals surface area contributed by atoms with Crippen LogP contribution in [0.4, 0.5) is 0 Å². The molecule has 0 saturated carbocycles. The van der Waals surface area contributed by atoms with Gasteiger partial charge in [0.2, 0.25) is 0 Å². The molecule has 0 aromatic carbocycles. The van der Waals surface area contributed by atoms with Gasteiger partial charge in [0, 0.05) is 6.42 Å². The molecule has 0 amide bonds. The summed E-state index contributed by atoms with van der Waals surface area (Å²) in [4.78, 5) is 21.0. The SMILES string of the molecule is CCCCCCCC/C=C\CCCCCCC[C](=O)[Na].CCCCCCCCCCCC(=O)O. The van der Waals surface area contributed by atoms with Crippen LogP contribution >= 0.6 is 0 Å². The van der Waals surface area contributed by atoms with Crippen molar-refractivity contribution in [1.82, 2.24) is 0 Å². The summed E-state index contributed by atoms with van der Waals surface area (Å²) in [6, 6.07) is 0. The molecule has 0 rings (SSSR count). The summed E-state index contributed by atoms with van der Waals surface area (Å²) in [5, 5.41) is 8.41. The maximum Gasteiger partial charge on any atom is 0.303 e. The van der Waals surface area contributed by atoms with Crippen molar-refractivity contribution in [2.24, 2.45) is 0 Å². The number of carbonyl (C=O) groups is 2. The number of hydrogen-bond acceptors (Lipinski definition) is 2. The molecule has 0 aliphatic heterocycles. The summed E-state index contributed by atoms with van der Waals surface area (Å²) in [5.74, 6) is -0.659. The molecule has 0 aromatic heterocycles. The van der Waals surface area contributed by atoms with Gasteiger partial charge in [0.1, 0.15) is 0 Å². The van der Waals surface area contributed by atoms with E-state index in [-0.39, 0.29) is 0 Å². The quantitative estimate of drug-likeness (QED) is 0.0790. The third-order valence-corrected chi connectivity index (χ3v) is 6.78. The van der Waals surface area contributed by atoms with Crippen molar-refractivity contribution in [3.8, 4) is 0 Å². The molecule has 34 heavy (non-hydrogen) atoms. The Kier molecular flexibility index (Phi) is 34.9. The number of carboxylic acids is 1. The summed E-state index contributed by atoms with van der Waals surface area (Å²) in [5.41, 5.74) is 0. The van der Waals surface area contributed by atoms with Gasteiger partial charge >= 0.3 is 112 Å². The van der Waals surface area contributed by atoms with Gasteiger partial charge in [0.05, 0.1) is 0 Å². The number of aliphatic carboxylic acids is 1. The van der Waals surface area contributed by atoms with E-state index in [0.29, 0.717) is 9.45 Å². The van der Waals surface area contributed by atoms with Gasteiger partial charge in [-0.15, -0.1) is 0 Å². The van der Waals surface area contributed by atoms with E-state index in [1.165, 1.54) is 122 Å². The maximum atomic E-state index is 10.8. The van der Waals surface area contributed by atoms with Gasteiger partial charge in [-0.1, -0.05) is 97.3 Å². The molecule has 0 aromatic rings. The summed E-state index contributed by atoms with van der Waals surface area (Å²) < 4.78 is 0.475. The normalized spacial score (nSPS) is 10.9. The minimum atomic E-state index is -0.659. The smallest absolute Gasteiger partial charge is 0.303 e. The van der Waals surface area contributed by atoms with E-state index in [9.17, 15) is 9.59 Å². The molecular weight excluding hydrogens is 431 g/mol. The fraction of sp³-hybridized carbons (Fsp3) is 0.867. The first-order valence-electron chi connectivity index (χ1n) is 14.9. The first-order chi connectivity index (χ1) is 16.5. The molecule has 1 N–H and O–H groups in total. The minimum absolute atomic E-state index is 0.343. The van der Waals surface area contributed by atoms with Crippen molar-refractivity contribution in [3.05, 3.63) is 12.2 Å². The van der Waals surface area contributed by atoms with Crippen LogP contribution in [0.5, 0.6) is 0 Å². The third kappa shape index (κ3) is 39.1. The van der Waals surface area contributed by atoms with Crippen LogP contribution in [-0.2, 0) is 9.59 Å². The van der Waals surface area contributed by atoms with E-state index in [1.807, 2.05) is 0 Å². The maximum absolute atomic E-state index is 10.8. The van der Waals surface area contributed by atoms with E-state index in [2.05, 4.69) is 26.0 Å². The topological polar surface area (TPSA) is 54.4 Å². The molecule has 0 aliphatic rings. The summed E-state index contributed by atoms with van der Waals surface area (Å²) in [6.07, 6.45) is 34.3. The fourth-order valence-corrected chi connectivity index (χ4v) is 4.39. The first kappa shape index (κ1) is 36.0. The van der Waals surface area contributed by atoms with Gasteiger partial charge in [-0.2, -0.15) is 0 Å². The van der Waals surface area contributed by atoms with Gasteiger partial charge in [-0.25, -0.2) is 0 Å². The molecule has 4 heteroatoms. The van der Waals surface area contributed by atoms with Crippen LogP contribution in [0, 0.1) is 0 Å². The second-order valence-corrected chi connectivity index (χ2v) is 11.1. The first-order valence-corrected chi connectivity index (χ1v) is 15.9. The summed E-state index contributed by atoms with van der Waals surface area (Å²) in [6.45, 7) is 4.50. The molecule has 0 unspecified atom stereocenters. The van der Waals surface area contributed by atoms with Crippen LogP contribution in [0.2, 0.25) is 0 Å². The minimum Gasteiger partial charge on any atom is -0.481 e. The molecule has 3 nitrogen and oxygen atoms in total. The van der Waals surface area contributed by atoms with E-state index >= 15 is 0 Å². The van der Waals surface area contributed by atoms with E-state index < -0.39 is 5.97 Å². The Morgan fingerprint density at radius 2 is 0.853 bits per heavy atom. The Morgan fingerprint density at radius 3 is 1.21 bits per heavy atom. The van der Waals surface area contributed by atoms with Crippen molar-refractivity contribution in [2.45, 2.75) is 168 Å². The van der Waals surface area contributed by atoms with Crippen molar-refractivity contribution in [2.75, 3.05) is 0 Å². The van der Waals surface area contributed by atoms with Gasteiger partial charge in [-0.05, 0) is 6.42 Å². The third-order valence-electron chi connectivity index (χ3n) is 6.28. The van der Waals surface area contributed by atoms with Crippen LogP contribution in [0.15, 0.2) is 12.2 Å². The zero-order valence-corrected chi connectivity index (χ0v) is 25.4. The average Bonchev–Trinajstić information content (AvgIpc) is 2.80. The molecule has 0 bridgehead atoms. The van der Waals surface area contributed by atoms with Gasteiger partial charge in [-0.3, -0.25) is 4.79 Å². The van der Waals surface area contributed by atoms with E-state index in [0.717, 1.165) is 53.6 Å². The Bertz CT molecular complexity index is 448. The number of carbonyl (C=O) groups excluding carboxylic acids is 1. The van der Waals surface area contributed by atoms with Gasteiger partial charge in [0.25, 0.3) is 0 Å². The molecule has 0 saturated heterocycles. The Balaban J connectivity index is 0. The van der Waals surface area contributed by atoms with Crippen LogP contribution in [0.1, 0.15) is 168 Å². The predicted molar refractivity (Wildman–Crippen MR) is 150 cm³/mol. The Hall–Kier alpha value is -0.120. The number of carboxylic acid groups (broad SMARTS) is 1.